The minimum absolute atomic E-state index is 0.0488. The molecule has 1 heterocycles. The molecule has 0 amide bonds. The highest BCUT2D eigenvalue weighted by atomic mass is 16.3. The molecule has 0 fully saturated rings. The van der Waals surface area contributed by atoms with Gasteiger partial charge in [-0.3, -0.25) is 0 Å². The molecule has 0 saturated heterocycles. The van der Waals surface area contributed by atoms with Crippen LogP contribution < -0.4 is 0 Å². The van der Waals surface area contributed by atoms with Gasteiger partial charge in [0.1, 0.15) is 5.52 Å². The first-order valence-corrected chi connectivity index (χ1v) is 6.91. The zero-order valence-corrected chi connectivity index (χ0v) is 13.2. The second-order valence-corrected chi connectivity index (χ2v) is 7.66. The van der Waals surface area contributed by atoms with Gasteiger partial charge in [-0.2, -0.15) is 0 Å². The van der Waals surface area contributed by atoms with Crippen molar-refractivity contribution in [3.63, 3.8) is 0 Å². The van der Waals surface area contributed by atoms with E-state index in [1.807, 2.05) is 6.07 Å². The molecule has 0 aliphatic heterocycles. The maximum Gasteiger partial charge on any atom is 0.181 e. The van der Waals surface area contributed by atoms with Gasteiger partial charge in [-0.05, 0) is 28.5 Å². The van der Waals surface area contributed by atoms with Crippen LogP contribution in [0.25, 0.3) is 11.1 Å². The van der Waals surface area contributed by atoms with E-state index < -0.39 is 0 Å². The Balaban J connectivity index is 2.68. The van der Waals surface area contributed by atoms with Gasteiger partial charge >= 0.3 is 0 Å². The molecule has 0 atom stereocenters. The molecule has 19 heavy (non-hydrogen) atoms. The number of nitrogens with zero attached hydrogens (tertiary/aromatic N) is 1. The quantitative estimate of drug-likeness (QED) is 0.705. The summed E-state index contributed by atoms with van der Waals surface area (Å²) >= 11 is 0. The highest BCUT2D eigenvalue weighted by Crippen LogP contribution is 2.53. The number of oxazole rings is 1. The van der Waals surface area contributed by atoms with Crippen LogP contribution in [0.15, 0.2) is 29.0 Å². The maximum atomic E-state index is 5.35. The number of rotatable bonds is 1. The molecule has 0 unspecified atom stereocenters. The van der Waals surface area contributed by atoms with Crippen molar-refractivity contribution in [2.24, 2.45) is 10.8 Å². The standard InChI is InChI=1S/C17H25NO/c1-15(2,3)17(7,16(4,5)6)12-8-9-14-13(10-12)18-11-19-14/h8-11H,1-7H3. The fourth-order valence-corrected chi connectivity index (χ4v) is 3.16. The Hall–Kier alpha value is -1.31. The summed E-state index contributed by atoms with van der Waals surface area (Å²) in [7, 11) is 0. The second kappa shape index (κ2) is 4.09. The zero-order chi connectivity index (χ0) is 14.5. The van der Waals surface area contributed by atoms with E-state index in [0.29, 0.717) is 0 Å². The number of aromatic nitrogens is 1. The highest BCUT2D eigenvalue weighted by molar-refractivity contribution is 5.73. The minimum Gasteiger partial charge on any atom is -0.443 e. The SMILES string of the molecule is CC(C)(C)C(C)(c1ccc2ocnc2c1)C(C)(C)C. The second-order valence-electron chi connectivity index (χ2n) is 7.66. The number of hydrogen-bond donors (Lipinski definition) is 0. The van der Waals surface area contributed by atoms with Crippen LogP contribution in [0.5, 0.6) is 0 Å². The summed E-state index contributed by atoms with van der Waals surface area (Å²) in [5, 5.41) is 0. The van der Waals surface area contributed by atoms with Crippen LogP contribution in [-0.2, 0) is 5.41 Å². The van der Waals surface area contributed by atoms with Crippen LogP contribution in [0.3, 0.4) is 0 Å². The molecule has 0 aliphatic carbocycles. The topological polar surface area (TPSA) is 26.0 Å². The molecule has 0 spiro atoms. The molecular formula is C17H25NO. The van der Waals surface area contributed by atoms with Gasteiger partial charge in [0.05, 0.1) is 0 Å². The molecule has 0 aliphatic rings. The molecule has 2 rings (SSSR count). The van der Waals surface area contributed by atoms with Crippen LogP contribution in [0, 0.1) is 10.8 Å². The van der Waals surface area contributed by atoms with E-state index in [-0.39, 0.29) is 16.2 Å². The normalized spacial score (nSPS) is 14.1. The lowest BCUT2D eigenvalue weighted by atomic mass is 9.52. The van der Waals surface area contributed by atoms with Gasteiger partial charge < -0.3 is 4.42 Å². The monoisotopic (exact) mass is 259 g/mol. The average molecular weight is 259 g/mol. The molecule has 1 aromatic carbocycles. The lowest BCUT2D eigenvalue weighted by molar-refractivity contribution is 0.0695. The molecule has 2 aromatic rings. The Bertz CT molecular complexity index is 567. The lowest BCUT2D eigenvalue weighted by Crippen LogP contribution is -2.47. The largest absolute Gasteiger partial charge is 0.443 e. The van der Waals surface area contributed by atoms with Gasteiger partial charge in [0.25, 0.3) is 0 Å². The molecule has 104 valence electrons. The van der Waals surface area contributed by atoms with Crippen molar-refractivity contribution < 1.29 is 4.42 Å². The summed E-state index contributed by atoms with van der Waals surface area (Å²) in [6.45, 7) is 16.2. The van der Waals surface area contributed by atoms with Crippen LogP contribution in [0.4, 0.5) is 0 Å². The molecule has 2 heteroatoms. The summed E-state index contributed by atoms with van der Waals surface area (Å²) < 4.78 is 5.35. The van der Waals surface area contributed by atoms with Crippen molar-refractivity contribution >= 4 is 11.1 Å². The van der Waals surface area contributed by atoms with Crippen molar-refractivity contribution in [1.82, 2.24) is 4.98 Å². The Morgan fingerprint density at radius 2 is 1.47 bits per heavy atom. The lowest BCUT2D eigenvalue weighted by Gasteiger charge is -2.52. The van der Waals surface area contributed by atoms with Gasteiger partial charge in [0.15, 0.2) is 12.0 Å². The van der Waals surface area contributed by atoms with Gasteiger partial charge in [-0.1, -0.05) is 54.5 Å². The van der Waals surface area contributed by atoms with Crippen LogP contribution in [0.2, 0.25) is 0 Å². The third-order valence-electron chi connectivity index (χ3n) is 4.91. The third kappa shape index (κ3) is 2.07. The summed E-state index contributed by atoms with van der Waals surface area (Å²) in [6.07, 6.45) is 1.51. The highest BCUT2D eigenvalue weighted by Gasteiger charge is 2.47. The molecule has 0 radical (unpaired) electrons. The van der Waals surface area contributed by atoms with Crippen molar-refractivity contribution in [2.75, 3.05) is 0 Å². The maximum absolute atomic E-state index is 5.35. The van der Waals surface area contributed by atoms with Gasteiger partial charge in [-0.15, -0.1) is 0 Å². The van der Waals surface area contributed by atoms with Gasteiger partial charge in [0, 0.05) is 5.41 Å². The van der Waals surface area contributed by atoms with Gasteiger partial charge in [0.2, 0.25) is 0 Å². The van der Waals surface area contributed by atoms with E-state index in [2.05, 4.69) is 65.6 Å². The number of benzene rings is 1. The Morgan fingerprint density at radius 3 is 2.00 bits per heavy atom. The van der Waals surface area contributed by atoms with E-state index >= 15 is 0 Å². The van der Waals surface area contributed by atoms with Crippen LogP contribution >= 0.6 is 0 Å². The number of hydrogen-bond acceptors (Lipinski definition) is 2. The smallest absolute Gasteiger partial charge is 0.181 e. The Labute approximate surface area is 116 Å². The van der Waals surface area contributed by atoms with E-state index in [1.54, 1.807) is 0 Å². The summed E-state index contributed by atoms with van der Waals surface area (Å²) in [5.41, 5.74) is 3.48. The summed E-state index contributed by atoms with van der Waals surface area (Å²) in [5.74, 6) is 0. The molecule has 0 bridgehead atoms. The van der Waals surface area contributed by atoms with E-state index in [9.17, 15) is 0 Å². The predicted octanol–water partition coefficient (Wildman–Crippen LogP) is 5.18. The van der Waals surface area contributed by atoms with Gasteiger partial charge in [-0.25, -0.2) is 4.98 Å². The van der Waals surface area contributed by atoms with Crippen LogP contribution in [-0.4, -0.2) is 4.98 Å². The van der Waals surface area contributed by atoms with Crippen molar-refractivity contribution in [1.29, 1.82) is 0 Å². The van der Waals surface area contributed by atoms with E-state index in [4.69, 9.17) is 4.42 Å². The molecule has 0 N–H and O–H groups in total. The van der Waals surface area contributed by atoms with Crippen molar-refractivity contribution in [3.8, 4) is 0 Å². The zero-order valence-electron chi connectivity index (χ0n) is 13.2. The summed E-state index contributed by atoms with van der Waals surface area (Å²) in [6, 6.07) is 6.40. The summed E-state index contributed by atoms with van der Waals surface area (Å²) in [4.78, 5) is 4.29. The third-order valence-corrected chi connectivity index (χ3v) is 4.91. The Kier molecular flexibility index (Phi) is 3.04. The Morgan fingerprint density at radius 1 is 0.895 bits per heavy atom. The molecule has 2 nitrogen and oxygen atoms in total. The first kappa shape index (κ1) is 14.1. The van der Waals surface area contributed by atoms with E-state index in [1.165, 1.54) is 12.0 Å². The minimum atomic E-state index is 0.0488. The average Bonchev–Trinajstić information content (AvgIpc) is 2.71. The van der Waals surface area contributed by atoms with Crippen molar-refractivity contribution in [2.45, 2.75) is 53.9 Å². The van der Waals surface area contributed by atoms with Crippen molar-refractivity contribution in [3.05, 3.63) is 30.2 Å². The number of fused-ring (bicyclic) bond motifs is 1. The first-order chi connectivity index (χ1) is 8.57. The molecule has 1 aromatic heterocycles. The molecular weight excluding hydrogens is 234 g/mol. The fraction of sp³-hybridized carbons (Fsp3) is 0.588. The molecule has 0 saturated carbocycles. The first-order valence-electron chi connectivity index (χ1n) is 6.91. The fourth-order valence-electron chi connectivity index (χ4n) is 3.16. The van der Waals surface area contributed by atoms with Crippen LogP contribution in [0.1, 0.15) is 54.0 Å². The van der Waals surface area contributed by atoms with E-state index in [0.717, 1.165) is 11.1 Å². The predicted molar refractivity (Wildman–Crippen MR) is 80.3 cm³/mol.